The number of oxazole rings is 1. The summed E-state index contributed by atoms with van der Waals surface area (Å²) in [6.45, 7) is 4.02. The van der Waals surface area contributed by atoms with Crippen LogP contribution in [0.5, 0.6) is 17.2 Å². The zero-order chi connectivity index (χ0) is 25.1. The molecular formula is C26H25N3O5S. The molecule has 2 N–H and O–H groups in total. The summed E-state index contributed by atoms with van der Waals surface area (Å²) in [6.07, 6.45) is 0. The normalized spacial score (nSPS) is 10.7. The van der Waals surface area contributed by atoms with Crippen LogP contribution < -0.4 is 24.8 Å². The fourth-order valence-electron chi connectivity index (χ4n) is 3.78. The number of benzene rings is 3. The Bertz CT molecular complexity index is 1410. The first-order chi connectivity index (χ1) is 16.8. The molecule has 0 aliphatic rings. The number of amides is 1. The van der Waals surface area contributed by atoms with E-state index >= 15 is 0 Å². The van der Waals surface area contributed by atoms with Crippen LogP contribution in [0.15, 0.2) is 52.9 Å². The van der Waals surface area contributed by atoms with Gasteiger partial charge in [-0.25, -0.2) is 4.98 Å². The number of aryl methyl sites for hydroxylation is 2. The molecule has 0 aliphatic carbocycles. The second-order valence-corrected chi connectivity index (χ2v) is 8.26. The maximum Gasteiger partial charge on any atom is 0.257 e. The van der Waals surface area contributed by atoms with E-state index in [-0.39, 0.29) is 5.11 Å². The summed E-state index contributed by atoms with van der Waals surface area (Å²) in [6, 6.07) is 14.6. The smallest absolute Gasteiger partial charge is 0.257 e. The Hall–Kier alpha value is -4.11. The number of hydrogen-bond donors (Lipinski definition) is 2. The van der Waals surface area contributed by atoms with Gasteiger partial charge in [-0.2, -0.15) is 0 Å². The van der Waals surface area contributed by atoms with Crippen molar-refractivity contribution in [2.75, 3.05) is 26.6 Å². The van der Waals surface area contributed by atoms with Gasteiger partial charge in [-0.05, 0) is 73.6 Å². The van der Waals surface area contributed by atoms with Crippen LogP contribution in [0.1, 0.15) is 21.5 Å². The molecule has 3 aromatic carbocycles. The number of hydrogen-bond acceptors (Lipinski definition) is 7. The summed E-state index contributed by atoms with van der Waals surface area (Å²) in [5.41, 5.74) is 5.48. The Balaban J connectivity index is 1.51. The number of methoxy groups -OCH3 is 3. The van der Waals surface area contributed by atoms with Crippen LogP contribution >= 0.6 is 12.2 Å². The predicted molar refractivity (Wildman–Crippen MR) is 139 cm³/mol. The number of aromatic nitrogens is 1. The average Bonchev–Trinajstić information content (AvgIpc) is 3.27. The second kappa shape index (κ2) is 10.0. The Morgan fingerprint density at radius 1 is 0.971 bits per heavy atom. The molecule has 0 radical (unpaired) electrons. The Labute approximate surface area is 208 Å². The van der Waals surface area contributed by atoms with Crippen molar-refractivity contribution in [3.05, 3.63) is 65.2 Å². The molecule has 1 aromatic heterocycles. The highest BCUT2D eigenvalue weighted by Crippen LogP contribution is 2.38. The van der Waals surface area contributed by atoms with Gasteiger partial charge in [-0.3, -0.25) is 10.1 Å². The number of fused-ring (bicyclic) bond motifs is 1. The lowest BCUT2D eigenvalue weighted by atomic mass is 10.1. The minimum absolute atomic E-state index is 0.130. The van der Waals surface area contributed by atoms with Crippen molar-refractivity contribution in [2.45, 2.75) is 13.8 Å². The molecule has 0 saturated heterocycles. The minimum Gasteiger partial charge on any atom is -0.493 e. The third kappa shape index (κ3) is 5.04. The number of anilines is 1. The van der Waals surface area contributed by atoms with Gasteiger partial charge in [-0.15, -0.1) is 0 Å². The zero-order valence-corrected chi connectivity index (χ0v) is 20.8. The first-order valence-electron chi connectivity index (χ1n) is 10.7. The molecule has 9 heteroatoms. The van der Waals surface area contributed by atoms with E-state index in [2.05, 4.69) is 21.7 Å². The Kier molecular flexibility index (Phi) is 6.88. The van der Waals surface area contributed by atoms with E-state index in [0.717, 1.165) is 27.8 Å². The molecule has 0 bridgehead atoms. The molecule has 1 heterocycles. The topological polar surface area (TPSA) is 94.9 Å². The lowest BCUT2D eigenvalue weighted by Gasteiger charge is -2.14. The van der Waals surface area contributed by atoms with Crippen molar-refractivity contribution in [3.8, 4) is 28.7 Å². The number of carbonyl (C=O) groups is 1. The Morgan fingerprint density at radius 3 is 2.34 bits per heavy atom. The number of thiocarbonyl (C=S) groups is 1. The van der Waals surface area contributed by atoms with Gasteiger partial charge in [-0.1, -0.05) is 12.1 Å². The van der Waals surface area contributed by atoms with Crippen LogP contribution in [0.2, 0.25) is 0 Å². The highest BCUT2D eigenvalue weighted by Gasteiger charge is 2.18. The number of ether oxygens (including phenoxy) is 3. The van der Waals surface area contributed by atoms with Gasteiger partial charge >= 0.3 is 0 Å². The molecule has 4 aromatic rings. The molecule has 0 spiro atoms. The van der Waals surface area contributed by atoms with E-state index < -0.39 is 5.91 Å². The standard InChI is InChI=1S/C26H25N3O5S/c1-14-9-15(2)22-19(10-14)28-25(34-22)16-7-6-8-18(11-16)27-26(35)29-24(30)17-12-20(31-3)23(33-5)21(13-17)32-4/h6-13H,1-5H3,(H2,27,29,30,35). The summed E-state index contributed by atoms with van der Waals surface area (Å²) in [5.74, 6) is 1.21. The van der Waals surface area contributed by atoms with Gasteiger partial charge in [0.1, 0.15) is 5.52 Å². The first-order valence-corrected chi connectivity index (χ1v) is 11.1. The van der Waals surface area contributed by atoms with Crippen LogP contribution in [0.25, 0.3) is 22.6 Å². The number of rotatable bonds is 6. The van der Waals surface area contributed by atoms with Crippen molar-refractivity contribution in [1.29, 1.82) is 0 Å². The van der Waals surface area contributed by atoms with Crippen molar-refractivity contribution in [1.82, 2.24) is 10.3 Å². The zero-order valence-electron chi connectivity index (χ0n) is 20.0. The van der Waals surface area contributed by atoms with E-state index in [4.69, 9.17) is 30.8 Å². The average molecular weight is 492 g/mol. The van der Waals surface area contributed by atoms with Crippen molar-refractivity contribution < 1.29 is 23.4 Å². The molecule has 4 rings (SSSR count). The molecule has 1 amide bonds. The predicted octanol–water partition coefficient (Wildman–Crippen LogP) is 5.26. The molecule has 0 aliphatic heterocycles. The van der Waals surface area contributed by atoms with Gasteiger partial charge in [0.25, 0.3) is 5.91 Å². The van der Waals surface area contributed by atoms with E-state index in [0.29, 0.717) is 34.4 Å². The number of nitrogens with zero attached hydrogens (tertiary/aromatic N) is 1. The maximum absolute atomic E-state index is 12.8. The Morgan fingerprint density at radius 2 is 1.69 bits per heavy atom. The number of carbonyl (C=O) groups excluding carboxylic acids is 1. The molecule has 35 heavy (non-hydrogen) atoms. The largest absolute Gasteiger partial charge is 0.493 e. The lowest BCUT2D eigenvalue weighted by molar-refractivity contribution is 0.0977. The SMILES string of the molecule is COc1cc(C(=O)NC(=S)Nc2cccc(-c3nc4cc(C)cc(C)c4o3)c2)cc(OC)c1OC. The monoisotopic (exact) mass is 491 g/mol. The summed E-state index contributed by atoms with van der Waals surface area (Å²) >= 11 is 5.36. The molecule has 0 atom stereocenters. The van der Waals surface area contributed by atoms with E-state index in [1.165, 1.54) is 21.3 Å². The van der Waals surface area contributed by atoms with Crippen LogP contribution in [-0.2, 0) is 0 Å². The fraction of sp³-hybridized carbons (Fsp3) is 0.192. The highest BCUT2D eigenvalue weighted by molar-refractivity contribution is 7.80. The van der Waals surface area contributed by atoms with E-state index in [1.807, 2.05) is 44.2 Å². The van der Waals surface area contributed by atoms with Crippen molar-refractivity contribution in [2.24, 2.45) is 0 Å². The van der Waals surface area contributed by atoms with Gasteiger partial charge in [0.15, 0.2) is 22.2 Å². The number of nitrogens with one attached hydrogen (secondary N) is 2. The first kappa shape index (κ1) is 24.0. The fourth-order valence-corrected chi connectivity index (χ4v) is 3.99. The van der Waals surface area contributed by atoms with E-state index in [1.54, 1.807) is 12.1 Å². The lowest BCUT2D eigenvalue weighted by Crippen LogP contribution is -2.34. The van der Waals surface area contributed by atoms with Gasteiger partial charge in [0.2, 0.25) is 11.6 Å². The molecule has 0 saturated carbocycles. The van der Waals surface area contributed by atoms with Crippen molar-refractivity contribution in [3.63, 3.8) is 0 Å². The third-order valence-electron chi connectivity index (χ3n) is 5.34. The summed E-state index contributed by atoms with van der Waals surface area (Å²) in [5, 5.41) is 5.83. The van der Waals surface area contributed by atoms with Gasteiger partial charge in [0.05, 0.1) is 21.3 Å². The van der Waals surface area contributed by atoms with Crippen molar-refractivity contribution >= 4 is 40.0 Å². The van der Waals surface area contributed by atoms with Crippen LogP contribution in [0.3, 0.4) is 0 Å². The summed E-state index contributed by atoms with van der Waals surface area (Å²) in [7, 11) is 4.46. The molecule has 0 fully saturated rings. The highest BCUT2D eigenvalue weighted by atomic mass is 32.1. The minimum atomic E-state index is -0.428. The van der Waals surface area contributed by atoms with Gasteiger partial charge < -0.3 is 23.9 Å². The quantitative estimate of drug-likeness (QED) is 0.353. The second-order valence-electron chi connectivity index (χ2n) is 7.85. The molecule has 180 valence electrons. The third-order valence-corrected chi connectivity index (χ3v) is 5.55. The maximum atomic E-state index is 12.8. The van der Waals surface area contributed by atoms with Crippen LogP contribution in [0.4, 0.5) is 5.69 Å². The summed E-state index contributed by atoms with van der Waals surface area (Å²) < 4.78 is 21.9. The molecule has 0 unspecified atom stereocenters. The summed E-state index contributed by atoms with van der Waals surface area (Å²) in [4.78, 5) is 17.4. The van der Waals surface area contributed by atoms with E-state index in [9.17, 15) is 4.79 Å². The molecular weight excluding hydrogens is 466 g/mol. The molecule has 8 nitrogen and oxygen atoms in total. The van der Waals surface area contributed by atoms with Crippen LogP contribution in [-0.4, -0.2) is 37.3 Å². The van der Waals surface area contributed by atoms with Gasteiger partial charge in [0, 0.05) is 16.8 Å². The van der Waals surface area contributed by atoms with Crippen LogP contribution in [0, 0.1) is 13.8 Å².